The van der Waals surface area contributed by atoms with Crippen molar-refractivity contribution in [3.8, 4) is 0 Å². The molecule has 1 aromatic carbocycles. The number of hydrogen-bond acceptors (Lipinski definition) is 3. The third-order valence-corrected chi connectivity index (χ3v) is 3.79. The maximum absolute atomic E-state index is 12.3. The van der Waals surface area contributed by atoms with Crippen LogP contribution < -0.4 is 5.32 Å². The molecule has 126 valence electrons. The van der Waals surface area contributed by atoms with E-state index in [0.717, 1.165) is 16.8 Å². The number of aromatic amines is 1. The van der Waals surface area contributed by atoms with Gasteiger partial charge >= 0.3 is 0 Å². The third-order valence-electron chi connectivity index (χ3n) is 3.79. The van der Waals surface area contributed by atoms with E-state index in [-0.39, 0.29) is 29.8 Å². The summed E-state index contributed by atoms with van der Waals surface area (Å²) in [5.74, 6) is -0.749. The van der Waals surface area contributed by atoms with Crippen molar-refractivity contribution in [1.82, 2.24) is 9.88 Å². The van der Waals surface area contributed by atoms with Crippen molar-refractivity contribution in [3.63, 3.8) is 0 Å². The number of nitrogens with one attached hydrogen (secondary N) is 2. The van der Waals surface area contributed by atoms with E-state index >= 15 is 0 Å². The fourth-order valence-corrected chi connectivity index (χ4v) is 2.40. The zero-order chi connectivity index (χ0) is 17.9. The summed E-state index contributed by atoms with van der Waals surface area (Å²) >= 11 is 0. The van der Waals surface area contributed by atoms with Crippen molar-refractivity contribution >= 4 is 23.3 Å². The van der Waals surface area contributed by atoms with E-state index in [0.29, 0.717) is 5.56 Å². The Bertz CT molecular complexity index is 772. The first-order valence-corrected chi connectivity index (χ1v) is 7.60. The number of rotatable bonds is 5. The molecule has 6 nitrogen and oxygen atoms in total. The summed E-state index contributed by atoms with van der Waals surface area (Å²) in [6.07, 6.45) is 1.49. The molecule has 2 rings (SSSR count). The van der Waals surface area contributed by atoms with Gasteiger partial charge in [0.2, 0.25) is 5.91 Å². The first-order chi connectivity index (χ1) is 11.3. The van der Waals surface area contributed by atoms with E-state index in [1.165, 1.54) is 24.1 Å². The highest BCUT2D eigenvalue weighted by atomic mass is 16.2. The van der Waals surface area contributed by atoms with E-state index in [1.807, 2.05) is 32.0 Å². The van der Waals surface area contributed by atoms with Crippen molar-refractivity contribution in [2.45, 2.75) is 20.8 Å². The number of anilines is 1. The van der Waals surface area contributed by atoms with E-state index in [1.54, 1.807) is 7.05 Å². The van der Waals surface area contributed by atoms with Crippen LogP contribution in [-0.2, 0) is 4.79 Å². The number of carbonyl (C=O) groups excluding carboxylic acids is 3. The standard InChI is InChI=1S/C18H21N3O3/c1-11-6-5-7-12(2)17(11)20-16(23)10-21(4)18(24)15-8-14(9-19-15)13(3)22/h5-9,19H,10H2,1-4H3,(H,20,23). The summed E-state index contributed by atoms with van der Waals surface area (Å²) in [6, 6.07) is 7.25. The molecule has 0 aliphatic rings. The number of aromatic nitrogens is 1. The minimum Gasteiger partial charge on any atom is -0.356 e. The summed E-state index contributed by atoms with van der Waals surface area (Å²) in [7, 11) is 1.54. The highest BCUT2D eigenvalue weighted by molar-refractivity contribution is 6.01. The van der Waals surface area contributed by atoms with Crippen LogP contribution in [-0.4, -0.2) is 41.1 Å². The molecular weight excluding hydrogens is 306 g/mol. The van der Waals surface area contributed by atoms with Crippen LogP contribution in [0, 0.1) is 13.8 Å². The number of carbonyl (C=O) groups is 3. The van der Waals surface area contributed by atoms with Gasteiger partial charge < -0.3 is 15.2 Å². The summed E-state index contributed by atoms with van der Waals surface area (Å²) < 4.78 is 0. The number of ketones is 1. The molecule has 0 radical (unpaired) electrons. The predicted octanol–water partition coefficient (Wildman–Crippen LogP) is 2.54. The topological polar surface area (TPSA) is 82.3 Å². The average Bonchev–Trinajstić information content (AvgIpc) is 3.00. The van der Waals surface area contributed by atoms with E-state index < -0.39 is 0 Å². The molecule has 0 aliphatic heterocycles. The van der Waals surface area contributed by atoms with Gasteiger partial charge in [-0.3, -0.25) is 14.4 Å². The van der Waals surface area contributed by atoms with Gasteiger partial charge in [-0.1, -0.05) is 18.2 Å². The lowest BCUT2D eigenvalue weighted by Crippen LogP contribution is -2.35. The van der Waals surface area contributed by atoms with Gasteiger partial charge in [-0.2, -0.15) is 0 Å². The molecule has 0 saturated heterocycles. The number of aryl methyl sites for hydroxylation is 2. The molecule has 6 heteroatoms. The molecule has 0 spiro atoms. The number of para-hydroxylation sites is 1. The smallest absolute Gasteiger partial charge is 0.270 e. The highest BCUT2D eigenvalue weighted by Gasteiger charge is 2.18. The molecule has 0 fully saturated rings. The number of hydrogen-bond donors (Lipinski definition) is 2. The molecule has 0 bridgehead atoms. The number of benzene rings is 1. The number of likely N-dealkylation sites (N-methyl/N-ethyl adjacent to an activating group) is 1. The van der Waals surface area contributed by atoms with Crippen LogP contribution in [0.5, 0.6) is 0 Å². The molecule has 2 N–H and O–H groups in total. The quantitative estimate of drug-likeness (QED) is 0.828. The van der Waals surface area contributed by atoms with Crippen LogP contribution in [0.15, 0.2) is 30.5 Å². The van der Waals surface area contributed by atoms with Crippen molar-refractivity contribution in [2.24, 2.45) is 0 Å². The number of H-pyrrole nitrogens is 1. The Morgan fingerprint density at radius 3 is 2.33 bits per heavy atom. The second-order valence-electron chi connectivity index (χ2n) is 5.83. The lowest BCUT2D eigenvalue weighted by molar-refractivity contribution is -0.116. The van der Waals surface area contributed by atoms with Crippen LogP contribution in [0.4, 0.5) is 5.69 Å². The first kappa shape index (κ1) is 17.5. The van der Waals surface area contributed by atoms with Crippen LogP contribution in [0.2, 0.25) is 0 Å². The van der Waals surface area contributed by atoms with Crippen molar-refractivity contribution in [3.05, 3.63) is 52.8 Å². The Hall–Kier alpha value is -2.89. The molecule has 0 unspecified atom stereocenters. The minimum absolute atomic E-state index is 0.0823. The maximum atomic E-state index is 12.3. The molecule has 0 saturated carbocycles. The van der Waals surface area contributed by atoms with Crippen molar-refractivity contribution in [1.29, 1.82) is 0 Å². The largest absolute Gasteiger partial charge is 0.356 e. The molecule has 2 aromatic rings. The van der Waals surface area contributed by atoms with Crippen LogP contribution in [0.1, 0.15) is 38.9 Å². The fourth-order valence-electron chi connectivity index (χ4n) is 2.40. The first-order valence-electron chi connectivity index (χ1n) is 7.60. The zero-order valence-corrected chi connectivity index (χ0v) is 14.3. The van der Waals surface area contributed by atoms with Gasteiger partial charge in [-0.25, -0.2) is 0 Å². The van der Waals surface area contributed by atoms with E-state index in [4.69, 9.17) is 0 Å². The van der Waals surface area contributed by atoms with Gasteiger partial charge in [0.05, 0.1) is 6.54 Å². The maximum Gasteiger partial charge on any atom is 0.270 e. The predicted molar refractivity (Wildman–Crippen MR) is 92.3 cm³/mol. The van der Waals surface area contributed by atoms with Gasteiger partial charge in [0.1, 0.15) is 5.69 Å². The normalized spacial score (nSPS) is 10.3. The molecule has 0 aliphatic carbocycles. The zero-order valence-electron chi connectivity index (χ0n) is 14.3. The lowest BCUT2D eigenvalue weighted by atomic mass is 10.1. The molecular formula is C18H21N3O3. The minimum atomic E-state index is -0.348. The molecule has 1 aromatic heterocycles. The number of nitrogens with zero attached hydrogens (tertiary/aromatic N) is 1. The summed E-state index contributed by atoms with van der Waals surface area (Å²) in [5.41, 5.74) is 3.41. The molecule has 0 atom stereocenters. The van der Waals surface area contributed by atoms with Gasteiger partial charge in [-0.15, -0.1) is 0 Å². The highest BCUT2D eigenvalue weighted by Crippen LogP contribution is 2.19. The van der Waals surface area contributed by atoms with Gasteiger partial charge in [0.15, 0.2) is 5.78 Å². The van der Waals surface area contributed by atoms with Gasteiger partial charge in [-0.05, 0) is 38.0 Å². The number of amides is 2. The third kappa shape index (κ3) is 3.90. The second-order valence-corrected chi connectivity index (χ2v) is 5.83. The van der Waals surface area contributed by atoms with E-state index in [2.05, 4.69) is 10.3 Å². The van der Waals surface area contributed by atoms with Crippen LogP contribution in [0.3, 0.4) is 0 Å². The van der Waals surface area contributed by atoms with Crippen molar-refractivity contribution < 1.29 is 14.4 Å². The second kappa shape index (κ2) is 7.12. The summed E-state index contributed by atoms with van der Waals surface area (Å²) in [5, 5.41) is 2.84. The Balaban J connectivity index is 2.02. The Labute approximate surface area is 140 Å². The Morgan fingerprint density at radius 2 is 1.79 bits per heavy atom. The van der Waals surface area contributed by atoms with Gasteiger partial charge in [0, 0.05) is 24.5 Å². The number of Topliss-reactive ketones (excluding diaryl/α,β-unsaturated/α-hetero) is 1. The molecule has 24 heavy (non-hydrogen) atoms. The summed E-state index contributed by atoms with van der Waals surface area (Å²) in [4.78, 5) is 39.9. The van der Waals surface area contributed by atoms with Gasteiger partial charge in [0.25, 0.3) is 5.91 Å². The van der Waals surface area contributed by atoms with Crippen LogP contribution in [0.25, 0.3) is 0 Å². The Morgan fingerprint density at radius 1 is 1.17 bits per heavy atom. The Kier molecular flexibility index (Phi) is 5.18. The monoisotopic (exact) mass is 327 g/mol. The van der Waals surface area contributed by atoms with E-state index in [9.17, 15) is 14.4 Å². The lowest BCUT2D eigenvalue weighted by Gasteiger charge is -2.17. The SMILES string of the molecule is CC(=O)c1c[nH]c(C(=O)N(C)CC(=O)Nc2c(C)cccc2C)c1. The molecule has 1 heterocycles. The average molecular weight is 327 g/mol. The fraction of sp³-hybridized carbons (Fsp3) is 0.278. The summed E-state index contributed by atoms with van der Waals surface area (Å²) in [6.45, 7) is 5.18. The van der Waals surface area contributed by atoms with Crippen LogP contribution >= 0.6 is 0 Å². The molecule has 2 amide bonds. The van der Waals surface area contributed by atoms with Crippen molar-refractivity contribution in [2.75, 3.05) is 18.9 Å².